The Morgan fingerprint density at radius 2 is 2.13 bits per heavy atom. The highest BCUT2D eigenvalue weighted by atomic mass is 16.2. The molecule has 1 unspecified atom stereocenters. The minimum absolute atomic E-state index is 0.0248. The second-order valence-electron chi connectivity index (χ2n) is 6.53. The molecule has 0 spiro atoms. The van der Waals surface area contributed by atoms with Crippen LogP contribution in [0.15, 0.2) is 12.4 Å². The summed E-state index contributed by atoms with van der Waals surface area (Å²) in [5, 5.41) is 10.2. The topological polar surface area (TPSA) is 79.3 Å². The summed E-state index contributed by atoms with van der Waals surface area (Å²) >= 11 is 0. The van der Waals surface area contributed by atoms with Gasteiger partial charge in [0.2, 0.25) is 5.91 Å². The maximum absolute atomic E-state index is 12.3. The van der Waals surface area contributed by atoms with Crippen LogP contribution < -0.4 is 10.6 Å². The third-order valence-electron chi connectivity index (χ3n) is 4.80. The van der Waals surface area contributed by atoms with Gasteiger partial charge in [-0.1, -0.05) is 0 Å². The minimum atomic E-state index is -0.0771. The van der Waals surface area contributed by atoms with E-state index in [1.165, 1.54) is 0 Å². The number of rotatable bonds is 4. The first-order chi connectivity index (χ1) is 11.1. The molecule has 0 aromatic carbocycles. The molecule has 0 bridgehead atoms. The van der Waals surface area contributed by atoms with Crippen LogP contribution in [0.3, 0.4) is 0 Å². The molecule has 7 heteroatoms. The van der Waals surface area contributed by atoms with Crippen LogP contribution in [-0.4, -0.2) is 58.7 Å². The average molecular weight is 319 g/mol. The Morgan fingerprint density at radius 1 is 1.35 bits per heavy atom. The fraction of sp³-hybridized carbons (Fsp3) is 0.688. The van der Waals surface area contributed by atoms with Crippen LogP contribution in [0.25, 0.3) is 0 Å². The number of hydrogen-bond donors (Lipinski definition) is 2. The molecule has 0 radical (unpaired) electrons. The number of aromatic nitrogens is 2. The molecule has 0 aliphatic carbocycles. The lowest BCUT2D eigenvalue weighted by atomic mass is 9.96. The zero-order valence-electron chi connectivity index (χ0n) is 13.6. The number of likely N-dealkylation sites (tertiary alicyclic amines) is 1. The summed E-state index contributed by atoms with van der Waals surface area (Å²) < 4.78 is 1.62. The molecular formula is C16H25N5O2. The molecule has 2 N–H and O–H groups in total. The first-order valence-electron chi connectivity index (χ1n) is 8.42. The van der Waals surface area contributed by atoms with E-state index in [-0.39, 0.29) is 17.9 Å². The van der Waals surface area contributed by atoms with Gasteiger partial charge in [-0.3, -0.25) is 14.3 Å². The molecule has 1 aromatic rings. The zero-order chi connectivity index (χ0) is 16.2. The maximum atomic E-state index is 12.3. The summed E-state index contributed by atoms with van der Waals surface area (Å²) in [6, 6.07) is 0.0248. The second-order valence-corrected chi connectivity index (χ2v) is 6.53. The molecule has 2 fully saturated rings. The van der Waals surface area contributed by atoms with Gasteiger partial charge in [0.25, 0.3) is 5.91 Å². The van der Waals surface area contributed by atoms with Gasteiger partial charge in [-0.2, -0.15) is 5.10 Å². The third kappa shape index (κ3) is 3.90. The van der Waals surface area contributed by atoms with Crippen molar-refractivity contribution in [2.75, 3.05) is 26.2 Å². The van der Waals surface area contributed by atoms with Crippen molar-refractivity contribution in [2.45, 2.75) is 31.7 Å². The molecule has 2 aliphatic heterocycles. The number of aryl methyl sites for hydroxylation is 1. The molecule has 3 heterocycles. The van der Waals surface area contributed by atoms with E-state index in [0.717, 1.165) is 45.3 Å². The van der Waals surface area contributed by atoms with E-state index >= 15 is 0 Å². The van der Waals surface area contributed by atoms with E-state index in [4.69, 9.17) is 0 Å². The van der Waals surface area contributed by atoms with Crippen LogP contribution in [0.2, 0.25) is 0 Å². The van der Waals surface area contributed by atoms with Gasteiger partial charge in [0.1, 0.15) is 0 Å². The molecule has 0 saturated carbocycles. The molecule has 1 atom stereocenters. The van der Waals surface area contributed by atoms with Crippen molar-refractivity contribution in [3.05, 3.63) is 18.0 Å². The van der Waals surface area contributed by atoms with E-state index in [0.29, 0.717) is 18.0 Å². The van der Waals surface area contributed by atoms with E-state index in [2.05, 4.69) is 15.7 Å². The van der Waals surface area contributed by atoms with Crippen molar-refractivity contribution < 1.29 is 9.59 Å². The number of hydrogen-bond acceptors (Lipinski definition) is 4. The molecular weight excluding hydrogens is 294 g/mol. The van der Waals surface area contributed by atoms with Crippen LogP contribution in [0.4, 0.5) is 0 Å². The normalized spacial score (nSPS) is 22.3. The van der Waals surface area contributed by atoms with E-state index < -0.39 is 0 Å². The number of piperidine rings is 1. The first kappa shape index (κ1) is 16.0. The highest BCUT2D eigenvalue weighted by Gasteiger charge is 2.29. The van der Waals surface area contributed by atoms with E-state index in [9.17, 15) is 9.59 Å². The van der Waals surface area contributed by atoms with Crippen LogP contribution in [0, 0.1) is 5.92 Å². The van der Waals surface area contributed by atoms with E-state index in [1.807, 2.05) is 4.90 Å². The monoisotopic (exact) mass is 319 g/mol. The summed E-state index contributed by atoms with van der Waals surface area (Å²) in [6.45, 7) is 3.21. The summed E-state index contributed by atoms with van der Waals surface area (Å²) in [4.78, 5) is 26.3. The smallest absolute Gasteiger partial charge is 0.254 e. The fourth-order valence-electron chi connectivity index (χ4n) is 3.35. The Balaban J connectivity index is 1.40. The molecule has 3 rings (SSSR count). The van der Waals surface area contributed by atoms with Crippen molar-refractivity contribution in [1.82, 2.24) is 25.3 Å². The Hall–Kier alpha value is -1.89. The maximum Gasteiger partial charge on any atom is 0.254 e. The van der Waals surface area contributed by atoms with Gasteiger partial charge in [0.15, 0.2) is 0 Å². The lowest BCUT2D eigenvalue weighted by Gasteiger charge is -2.33. The Kier molecular flexibility index (Phi) is 4.95. The molecule has 2 amide bonds. The van der Waals surface area contributed by atoms with Crippen molar-refractivity contribution in [3.63, 3.8) is 0 Å². The van der Waals surface area contributed by atoms with Crippen molar-refractivity contribution in [2.24, 2.45) is 13.0 Å². The molecule has 23 heavy (non-hydrogen) atoms. The number of amides is 2. The van der Waals surface area contributed by atoms with Gasteiger partial charge < -0.3 is 15.5 Å². The van der Waals surface area contributed by atoms with Crippen LogP contribution >= 0.6 is 0 Å². The van der Waals surface area contributed by atoms with E-state index in [1.54, 1.807) is 24.1 Å². The van der Waals surface area contributed by atoms with Crippen molar-refractivity contribution >= 4 is 11.8 Å². The first-order valence-corrected chi connectivity index (χ1v) is 8.42. The molecule has 2 saturated heterocycles. The standard InChI is InChI=1S/C16H25N5O2/c1-20-11-13(10-19-20)15(22)18-9-12-4-7-21(8-5-12)16(23)14-3-2-6-17-14/h10-12,14,17H,2-9H2,1H3,(H,18,22). The largest absolute Gasteiger partial charge is 0.352 e. The summed E-state index contributed by atoms with van der Waals surface area (Å²) in [5.41, 5.74) is 0.590. The van der Waals surface area contributed by atoms with Gasteiger partial charge in [-0.15, -0.1) is 0 Å². The van der Waals surface area contributed by atoms with Crippen molar-refractivity contribution in [3.8, 4) is 0 Å². The summed E-state index contributed by atoms with van der Waals surface area (Å²) in [6.07, 6.45) is 7.24. The summed E-state index contributed by atoms with van der Waals surface area (Å²) in [7, 11) is 1.79. The van der Waals surface area contributed by atoms with Crippen LogP contribution in [0.5, 0.6) is 0 Å². The van der Waals surface area contributed by atoms with Gasteiger partial charge in [-0.25, -0.2) is 0 Å². The zero-order valence-corrected chi connectivity index (χ0v) is 13.6. The Morgan fingerprint density at radius 3 is 2.74 bits per heavy atom. The number of carbonyl (C=O) groups is 2. The average Bonchev–Trinajstić information content (AvgIpc) is 3.24. The molecule has 2 aliphatic rings. The molecule has 7 nitrogen and oxygen atoms in total. The Bertz CT molecular complexity index is 557. The second kappa shape index (κ2) is 7.12. The quantitative estimate of drug-likeness (QED) is 0.827. The lowest BCUT2D eigenvalue weighted by Crippen LogP contribution is -2.48. The highest BCUT2D eigenvalue weighted by molar-refractivity contribution is 5.93. The fourth-order valence-corrected chi connectivity index (χ4v) is 3.35. The molecule has 1 aromatic heterocycles. The lowest BCUT2D eigenvalue weighted by molar-refractivity contribution is -0.134. The Labute approximate surface area is 136 Å². The van der Waals surface area contributed by atoms with Crippen molar-refractivity contribution in [1.29, 1.82) is 0 Å². The van der Waals surface area contributed by atoms with Gasteiger partial charge in [0.05, 0.1) is 17.8 Å². The van der Waals surface area contributed by atoms with Gasteiger partial charge in [-0.05, 0) is 38.1 Å². The van der Waals surface area contributed by atoms with Gasteiger partial charge in [0, 0.05) is 32.9 Å². The number of nitrogens with zero attached hydrogens (tertiary/aromatic N) is 3. The number of carbonyl (C=O) groups excluding carboxylic acids is 2. The SMILES string of the molecule is Cn1cc(C(=O)NCC2CCN(C(=O)C3CCCN3)CC2)cn1. The third-order valence-corrected chi connectivity index (χ3v) is 4.80. The van der Waals surface area contributed by atoms with Gasteiger partial charge >= 0.3 is 0 Å². The molecule has 126 valence electrons. The predicted molar refractivity (Wildman–Crippen MR) is 85.9 cm³/mol. The van der Waals surface area contributed by atoms with Crippen LogP contribution in [0.1, 0.15) is 36.0 Å². The van der Waals surface area contributed by atoms with Crippen LogP contribution in [-0.2, 0) is 11.8 Å². The predicted octanol–water partition coefficient (Wildman–Crippen LogP) is 0.141. The highest BCUT2D eigenvalue weighted by Crippen LogP contribution is 2.19. The minimum Gasteiger partial charge on any atom is -0.352 e. The summed E-state index contributed by atoms with van der Waals surface area (Å²) in [5.74, 6) is 0.614. The number of nitrogens with one attached hydrogen (secondary N) is 2.